The number of rotatable bonds is 3. The molecule has 0 radical (unpaired) electrons. The summed E-state index contributed by atoms with van der Waals surface area (Å²) in [7, 11) is 0. The van der Waals surface area contributed by atoms with Gasteiger partial charge in [0.25, 0.3) is 0 Å². The Morgan fingerprint density at radius 1 is 0.900 bits per heavy atom. The Bertz CT molecular complexity index is 1200. The van der Waals surface area contributed by atoms with Crippen molar-refractivity contribution in [1.82, 2.24) is 0 Å². The molecule has 0 fully saturated rings. The summed E-state index contributed by atoms with van der Waals surface area (Å²) in [5.74, 6) is -0.167. The number of carbonyl (C=O) groups is 1. The summed E-state index contributed by atoms with van der Waals surface area (Å²) in [6, 6.07) is 10.9. The topological polar surface area (TPSA) is 64.7 Å². The zero-order valence-corrected chi connectivity index (χ0v) is 18.6. The molecule has 0 saturated carbocycles. The first-order chi connectivity index (χ1) is 14.7. The van der Waals surface area contributed by atoms with E-state index in [-0.39, 0.29) is 11.4 Å². The summed E-state index contributed by atoms with van der Waals surface area (Å²) in [5.41, 5.74) is 1.90. The van der Waals surface area contributed by atoms with Crippen LogP contribution in [0.2, 0.25) is 0 Å². The molecule has 1 aliphatic carbocycles. The van der Waals surface area contributed by atoms with Gasteiger partial charge < -0.3 is 0 Å². The number of carbonyl (C=O) groups excluding carboxylic acids is 1. The highest BCUT2D eigenvalue weighted by Crippen LogP contribution is 2.53. The average molecular weight is 461 g/mol. The number of nitrogens with zero attached hydrogens (tertiary/aromatic N) is 2. The molecule has 0 atom stereocenters. The van der Waals surface area contributed by atoms with Crippen molar-refractivity contribution in [2.24, 2.45) is 0 Å². The normalized spacial score (nSPS) is 19.1. The van der Waals surface area contributed by atoms with Gasteiger partial charge in [0, 0.05) is 21.6 Å². The Labute approximate surface area is 191 Å². The lowest BCUT2D eigenvalue weighted by atomic mass is 9.99. The lowest BCUT2D eigenvalue weighted by molar-refractivity contribution is 0.104. The lowest BCUT2D eigenvalue weighted by Crippen LogP contribution is -1.95. The van der Waals surface area contributed by atoms with Crippen LogP contribution >= 0.6 is 47.0 Å². The molecule has 144 valence electrons. The summed E-state index contributed by atoms with van der Waals surface area (Å²) in [6.45, 7) is 0. The third-order valence-corrected chi connectivity index (χ3v) is 9.24. The van der Waals surface area contributed by atoms with Gasteiger partial charge in [0.1, 0.15) is 17.7 Å². The van der Waals surface area contributed by atoms with Crippen LogP contribution in [0.15, 0.2) is 95.4 Å². The SMILES string of the molecule is N#CC(C#N)=C1/C(=C/C=C/C=C/C2=CSC(=C3SC=CS3)S2)C(=O)c2ccccc21. The second-order valence-corrected chi connectivity index (χ2v) is 10.3. The van der Waals surface area contributed by atoms with Crippen molar-refractivity contribution in [2.75, 3.05) is 0 Å². The molecule has 3 aliphatic rings. The van der Waals surface area contributed by atoms with Crippen molar-refractivity contribution < 1.29 is 4.79 Å². The van der Waals surface area contributed by atoms with Crippen LogP contribution in [0.5, 0.6) is 0 Å². The van der Waals surface area contributed by atoms with E-state index in [0.717, 1.165) is 4.91 Å². The average Bonchev–Trinajstić information content (AvgIpc) is 3.51. The molecule has 0 saturated heterocycles. The number of ketones is 1. The molecular weight excluding hydrogens is 449 g/mol. The first kappa shape index (κ1) is 20.7. The van der Waals surface area contributed by atoms with Gasteiger partial charge in [0.2, 0.25) is 0 Å². The third-order valence-electron chi connectivity index (χ3n) is 4.24. The fourth-order valence-corrected chi connectivity index (χ4v) is 7.33. The van der Waals surface area contributed by atoms with Crippen molar-refractivity contribution in [3.63, 3.8) is 0 Å². The number of thioether (sulfide) groups is 4. The van der Waals surface area contributed by atoms with Gasteiger partial charge in [-0.25, -0.2) is 0 Å². The van der Waals surface area contributed by atoms with Gasteiger partial charge in [-0.1, -0.05) is 95.6 Å². The van der Waals surface area contributed by atoms with E-state index in [9.17, 15) is 15.3 Å². The van der Waals surface area contributed by atoms with Crippen LogP contribution in [0.4, 0.5) is 0 Å². The summed E-state index contributed by atoms with van der Waals surface area (Å²) in [6.07, 6.45) is 9.23. The first-order valence-corrected chi connectivity index (χ1v) is 12.2. The van der Waals surface area contributed by atoms with Gasteiger partial charge in [-0.3, -0.25) is 4.79 Å². The van der Waals surface area contributed by atoms with Crippen molar-refractivity contribution in [2.45, 2.75) is 0 Å². The maximum atomic E-state index is 12.8. The highest BCUT2D eigenvalue weighted by Gasteiger charge is 2.31. The summed E-state index contributed by atoms with van der Waals surface area (Å²) >= 11 is 6.98. The largest absolute Gasteiger partial charge is 0.289 e. The van der Waals surface area contributed by atoms with Crippen molar-refractivity contribution in [1.29, 1.82) is 10.5 Å². The van der Waals surface area contributed by atoms with Crippen molar-refractivity contribution >= 4 is 58.4 Å². The molecule has 0 aromatic heterocycles. The molecule has 0 amide bonds. The Morgan fingerprint density at radius 2 is 1.63 bits per heavy atom. The van der Waals surface area contributed by atoms with E-state index in [1.54, 1.807) is 83.5 Å². The number of hydrogen-bond acceptors (Lipinski definition) is 7. The summed E-state index contributed by atoms with van der Waals surface area (Å²) < 4.78 is 2.61. The van der Waals surface area contributed by atoms with E-state index in [1.807, 2.05) is 30.4 Å². The number of fused-ring (bicyclic) bond motifs is 1. The quantitative estimate of drug-likeness (QED) is 0.270. The highest BCUT2D eigenvalue weighted by molar-refractivity contribution is 8.33. The zero-order chi connectivity index (χ0) is 20.9. The number of Topliss-reactive ketones (excluding diaryl/α,β-unsaturated/α-hetero) is 1. The minimum Gasteiger partial charge on any atom is -0.289 e. The predicted octanol–water partition coefficient (Wildman–Crippen LogP) is 7.12. The number of hydrogen-bond donors (Lipinski definition) is 0. The molecule has 0 unspecified atom stereocenters. The van der Waals surface area contributed by atoms with Crippen LogP contribution in [-0.4, -0.2) is 5.78 Å². The molecule has 7 heteroatoms. The van der Waals surface area contributed by atoms with Gasteiger partial charge >= 0.3 is 0 Å². The highest BCUT2D eigenvalue weighted by atomic mass is 32.2. The molecule has 30 heavy (non-hydrogen) atoms. The van der Waals surface area contributed by atoms with Crippen molar-refractivity contribution in [3.8, 4) is 12.1 Å². The molecule has 4 rings (SSSR count). The third kappa shape index (κ3) is 4.16. The van der Waals surface area contributed by atoms with Crippen LogP contribution in [0.25, 0.3) is 5.57 Å². The van der Waals surface area contributed by atoms with Crippen LogP contribution < -0.4 is 0 Å². The zero-order valence-electron chi connectivity index (χ0n) is 15.4. The van der Waals surface area contributed by atoms with Crippen LogP contribution in [-0.2, 0) is 0 Å². The predicted molar refractivity (Wildman–Crippen MR) is 130 cm³/mol. The molecule has 0 N–H and O–H groups in total. The molecule has 0 spiro atoms. The van der Waals surface area contributed by atoms with Gasteiger partial charge in [0.15, 0.2) is 5.78 Å². The molecule has 1 aromatic carbocycles. The van der Waals surface area contributed by atoms with Gasteiger partial charge in [-0.2, -0.15) is 10.5 Å². The van der Waals surface area contributed by atoms with Gasteiger partial charge in [-0.05, 0) is 27.9 Å². The maximum Gasteiger partial charge on any atom is 0.194 e. The second-order valence-electron chi connectivity index (χ2n) is 6.00. The summed E-state index contributed by atoms with van der Waals surface area (Å²) in [4.78, 5) is 13.9. The van der Waals surface area contributed by atoms with Crippen molar-refractivity contribution in [3.05, 3.63) is 107 Å². The minimum absolute atomic E-state index is 0.0502. The van der Waals surface area contributed by atoms with E-state index < -0.39 is 0 Å². The number of allylic oxidation sites excluding steroid dienone is 8. The van der Waals surface area contributed by atoms with E-state index >= 15 is 0 Å². The molecule has 2 aliphatic heterocycles. The monoisotopic (exact) mass is 460 g/mol. The molecule has 3 nitrogen and oxygen atoms in total. The standard InChI is InChI=1S/C23H12N2OS4/c24-12-15(13-25)20-17-7-4-5-8-18(17)21(26)19(20)9-3-1-2-6-16-14-29-23(30-16)22-27-10-11-28-22/h1-11,14H/b3-1+,6-2+,19-9-. The van der Waals surface area contributed by atoms with E-state index in [0.29, 0.717) is 22.3 Å². The Balaban J connectivity index is 1.52. The first-order valence-electron chi connectivity index (χ1n) is 8.74. The van der Waals surface area contributed by atoms with Crippen LogP contribution in [0.3, 0.4) is 0 Å². The Hall–Kier alpha value is -2.55. The number of benzene rings is 1. The second kappa shape index (κ2) is 9.51. The fraction of sp³-hybridized carbons (Fsp3) is 0. The maximum absolute atomic E-state index is 12.8. The van der Waals surface area contributed by atoms with E-state index in [4.69, 9.17) is 0 Å². The Morgan fingerprint density at radius 3 is 2.37 bits per heavy atom. The molecule has 0 bridgehead atoms. The van der Waals surface area contributed by atoms with Gasteiger partial charge in [-0.15, -0.1) is 0 Å². The number of nitriles is 2. The minimum atomic E-state index is -0.167. The van der Waals surface area contributed by atoms with E-state index in [2.05, 4.69) is 16.2 Å². The lowest BCUT2D eigenvalue weighted by Gasteiger charge is -2.00. The van der Waals surface area contributed by atoms with Crippen LogP contribution in [0, 0.1) is 22.7 Å². The molecule has 1 aromatic rings. The molecule has 2 heterocycles. The molecular formula is C23H12N2OS4. The Kier molecular flexibility index (Phi) is 6.56. The smallest absolute Gasteiger partial charge is 0.194 e. The van der Waals surface area contributed by atoms with E-state index in [1.165, 1.54) is 8.47 Å². The van der Waals surface area contributed by atoms with Gasteiger partial charge in [0.05, 0.1) is 8.47 Å². The fourth-order valence-electron chi connectivity index (χ4n) is 2.97. The van der Waals surface area contributed by atoms with Crippen LogP contribution in [0.1, 0.15) is 15.9 Å². The summed E-state index contributed by atoms with van der Waals surface area (Å²) in [5, 5.41) is 25.0.